The van der Waals surface area contributed by atoms with Crippen LogP contribution in [0.3, 0.4) is 0 Å². The summed E-state index contributed by atoms with van der Waals surface area (Å²) < 4.78 is 25.5. The Kier molecular flexibility index (Phi) is 5.97. The molecule has 0 radical (unpaired) electrons. The lowest BCUT2D eigenvalue weighted by molar-refractivity contribution is 0.0337. The van der Waals surface area contributed by atoms with E-state index >= 15 is 0 Å². The molecular weight excluding hydrogens is 300 g/mol. The summed E-state index contributed by atoms with van der Waals surface area (Å²) in [5.41, 5.74) is 0.996. The van der Waals surface area contributed by atoms with Crippen molar-refractivity contribution in [2.45, 2.75) is 26.0 Å². The molecule has 1 aromatic rings. The second-order valence-corrected chi connectivity index (χ2v) is 8.20. The highest BCUT2D eigenvalue weighted by atomic mass is 32.2. The molecule has 1 N–H and O–H groups in total. The fourth-order valence-electron chi connectivity index (χ4n) is 2.82. The summed E-state index contributed by atoms with van der Waals surface area (Å²) in [6, 6.07) is 9.65. The lowest BCUT2D eigenvalue weighted by Gasteiger charge is -2.35. The zero-order chi connectivity index (χ0) is 16.2. The average Bonchev–Trinajstić information content (AvgIpc) is 2.47. The van der Waals surface area contributed by atoms with Crippen LogP contribution < -0.4 is 0 Å². The molecule has 0 aromatic heterocycles. The summed E-state index contributed by atoms with van der Waals surface area (Å²) in [6.07, 6.45) is 1.80. The van der Waals surface area contributed by atoms with Gasteiger partial charge in [-0.15, -0.1) is 0 Å². The first-order valence-electron chi connectivity index (χ1n) is 7.75. The van der Waals surface area contributed by atoms with Crippen LogP contribution in [0.5, 0.6) is 0 Å². The second kappa shape index (κ2) is 7.55. The van der Waals surface area contributed by atoms with Gasteiger partial charge >= 0.3 is 0 Å². The van der Waals surface area contributed by atoms with Crippen molar-refractivity contribution in [1.82, 2.24) is 9.21 Å². The summed E-state index contributed by atoms with van der Waals surface area (Å²) in [6.45, 7) is 5.28. The Morgan fingerprint density at radius 3 is 2.59 bits per heavy atom. The van der Waals surface area contributed by atoms with Gasteiger partial charge in [0.1, 0.15) is 0 Å². The molecule has 22 heavy (non-hydrogen) atoms. The Balaban J connectivity index is 1.94. The van der Waals surface area contributed by atoms with Crippen LogP contribution in [-0.4, -0.2) is 61.3 Å². The maximum absolute atomic E-state index is 12.0. The van der Waals surface area contributed by atoms with Crippen LogP contribution in [0.1, 0.15) is 18.9 Å². The fraction of sp³-hybridized carbons (Fsp3) is 0.625. The third-order valence-corrected chi connectivity index (χ3v) is 5.53. The van der Waals surface area contributed by atoms with Gasteiger partial charge in [-0.2, -0.15) is 4.31 Å². The highest BCUT2D eigenvalue weighted by Gasteiger charge is 2.25. The van der Waals surface area contributed by atoms with E-state index in [0.29, 0.717) is 19.6 Å². The number of sulfonamides is 1. The number of benzene rings is 1. The van der Waals surface area contributed by atoms with Crippen molar-refractivity contribution in [3.63, 3.8) is 0 Å². The van der Waals surface area contributed by atoms with Gasteiger partial charge in [0.25, 0.3) is 0 Å². The summed E-state index contributed by atoms with van der Waals surface area (Å²) in [5, 5.41) is 9.76. The van der Waals surface area contributed by atoms with Crippen molar-refractivity contribution in [2.24, 2.45) is 5.92 Å². The smallest absolute Gasteiger partial charge is 0.211 e. The van der Waals surface area contributed by atoms with E-state index in [9.17, 15) is 13.5 Å². The number of hydrogen-bond donors (Lipinski definition) is 1. The Bertz CT molecular complexity index is 562. The molecule has 1 aliphatic rings. The molecule has 1 heterocycles. The van der Waals surface area contributed by atoms with Crippen LogP contribution in [0, 0.1) is 5.92 Å². The van der Waals surface area contributed by atoms with Crippen molar-refractivity contribution in [1.29, 1.82) is 0 Å². The number of likely N-dealkylation sites (tertiary alicyclic amines) is 1. The highest BCUT2D eigenvalue weighted by molar-refractivity contribution is 7.88. The second-order valence-electron chi connectivity index (χ2n) is 6.22. The molecule has 0 amide bonds. The summed E-state index contributed by atoms with van der Waals surface area (Å²) in [5.74, 6) is 0.245. The standard InChI is InChI=1S/C16H26N2O3S/c1-14-12-17(9-8-16(14)19)10-11-18(22(2,20)21)13-15-6-4-3-5-7-15/h3-7,14,16,19H,8-13H2,1-2H3/t14-,16+/m0/s1. The van der Waals surface area contributed by atoms with Crippen molar-refractivity contribution in [3.05, 3.63) is 35.9 Å². The Labute approximate surface area is 133 Å². The van der Waals surface area contributed by atoms with Gasteiger partial charge in [0.2, 0.25) is 10.0 Å². The Morgan fingerprint density at radius 2 is 2.00 bits per heavy atom. The maximum atomic E-state index is 12.0. The normalized spacial score (nSPS) is 23.8. The van der Waals surface area contributed by atoms with Crippen LogP contribution in [0.25, 0.3) is 0 Å². The van der Waals surface area contributed by atoms with Crippen LogP contribution in [0.15, 0.2) is 30.3 Å². The van der Waals surface area contributed by atoms with Crippen molar-refractivity contribution < 1.29 is 13.5 Å². The molecule has 0 unspecified atom stereocenters. The molecule has 1 aromatic carbocycles. The minimum absolute atomic E-state index is 0.230. The van der Waals surface area contributed by atoms with Gasteiger partial charge in [0, 0.05) is 32.7 Å². The molecule has 5 nitrogen and oxygen atoms in total. The molecule has 2 atom stereocenters. The van der Waals surface area contributed by atoms with E-state index in [-0.39, 0.29) is 12.0 Å². The molecule has 0 bridgehead atoms. The molecule has 6 heteroatoms. The minimum Gasteiger partial charge on any atom is -0.393 e. The topological polar surface area (TPSA) is 60.9 Å². The van der Waals surface area contributed by atoms with Crippen LogP contribution in [-0.2, 0) is 16.6 Å². The van der Waals surface area contributed by atoms with Gasteiger partial charge in [-0.05, 0) is 17.9 Å². The quantitative estimate of drug-likeness (QED) is 0.852. The van der Waals surface area contributed by atoms with Crippen LogP contribution in [0.4, 0.5) is 0 Å². The fourth-order valence-corrected chi connectivity index (χ4v) is 3.62. The van der Waals surface area contributed by atoms with E-state index in [0.717, 1.165) is 25.1 Å². The number of rotatable bonds is 6. The maximum Gasteiger partial charge on any atom is 0.211 e. The van der Waals surface area contributed by atoms with Crippen LogP contribution >= 0.6 is 0 Å². The highest BCUT2D eigenvalue weighted by Crippen LogP contribution is 2.17. The molecule has 2 rings (SSSR count). The lowest BCUT2D eigenvalue weighted by Crippen LogP contribution is -2.45. The van der Waals surface area contributed by atoms with E-state index < -0.39 is 10.0 Å². The predicted octanol–water partition coefficient (Wildman–Crippen LogP) is 1.15. The first-order valence-corrected chi connectivity index (χ1v) is 9.60. The van der Waals surface area contributed by atoms with E-state index in [1.54, 1.807) is 0 Å². The number of aliphatic hydroxyl groups excluding tert-OH is 1. The SMILES string of the molecule is C[C@H]1CN(CCN(Cc2ccccc2)S(C)(=O)=O)CC[C@H]1O. The summed E-state index contributed by atoms with van der Waals surface area (Å²) in [4.78, 5) is 2.24. The minimum atomic E-state index is -3.23. The predicted molar refractivity (Wildman–Crippen MR) is 87.9 cm³/mol. The van der Waals surface area contributed by atoms with Gasteiger partial charge < -0.3 is 10.0 Å². The third kappa shape index (κ3) is 5.05. The van der Waals surface area contributed by atoms with Crippen molar-refractivity contribution >= 4 is 10.0 Å². The summed E-state index contributed by atoms with van der Waals surface area (Å²) >= 11 is 0. The molecule has 124 valence electrons. The Morgan fingerprint density at radius 1 is 1.32 bits per heavy atom. The first-order chi connectivity index (χ1) is 10.4. The first kappa shape index (κ1) is 17.4. The summed E-state index contributed by atoms with van der Waals surface area (Å²) in [7, 11) is -3.23. The van der Waals surface area contributed by atoms with Crippen LogP contribution in [0.2, 0.25) is 0 Å². The molecule has 0 aliphatic carbocycles. The number of aliphatic hydroxyl groups is 1. The van der Waals surface area contributed by atoms with Gasteiger partial charge in [-0.25, -0.2) is 8.42 Å². The third-order valence-electron chi connectivity index (χ3n) is 4.28. The Hall–Kier alpha value is -0.950. The van der Waals surface area contributed by atoms with Crippen molar-refractivity contribution in [3.8, 4) is 0 Å². The molecular formula is C16H26N2O3S. The number of hydrogen-bond acceptors (Lipinski definition) is 4. The van der Waals surface area contributed by atoms with Crippen molar-refractivity contribution in [2.75, 3.05) is 32.4 Å². The largest absolute Gasteiger partial charge is 0.393 e. The monoisotopic (exact) mass is 326 g/mol. The van der Waals surface area contributed by atoms with E-state index in [1.165, 1.54) is 10.6 Å². The lowest BCUT2D eigenvalue weighted by atomic mass is 9.97. The number of piperidine rings is 1. The molecule has 1 aliphatic heterocycles. The number of nitrogens with zero attached hydrogens (tertiary/aromatic N) is 2. The van der Waals surface area contributed by atoms with Gasteiger partial charge in [-0.1, -0.05) is 37.3 Å². The molecule has 1 fully saturated rings. The molecule has 0 saturated carbocycles. The molecule has 0 spiro atoms. The van der Waals surface area contributed by atoms with E-state index in [2.05, 4.69) is 4.90 Å². The molecule has 1 saturated heterocycles. The van der Waals surface area contributed by atoms with E-state index in [4.69, 9.17) is 0 Å². The van der Waals surface area contributed by atoms with E-state index in [1.807, 2.05) is 37.3 Å². The zero-order valence-electron chi connectivity index (χ0n) is 13.4. The van der Waals surface area contributed by atoms with Gasteiger partial charge in [0.15, 0.2) is 0 Å². The van der Waals surface area contributed by atoms with Gasteiger partial charge in [0.05, 0.1) is 12.4 Å². The average molecular weight is 326 g/mol. The zero-order valence-corrected chi connectivity index (χ0v) is 14.2. The van der Waals surface area contributed by atoms with Gasteiger partial charge in [-0.3, -0.25) is 0 Å².